The molecule has 1 aliphatic rings. The smallest absolute Gasteiger partial charge is 0.264 e. The molecule has 0 aliphatic carbocycles. The number of fused-ring (bicyclic) bond motifs is 1. The Bertz CT molecular complexity index is 650. The molecule has 2 aromatic rings. The van der Waals surface area contributed by atoms with Gasteiger partial charge in [-0.2, -0.15) is 5.10 Å². The van der Waals surface area contributed by atoms with Gasteiger partial charge in [0.25, 0.3) is 5.91 Å². The summed E-state index contributed by atoms with van der Waals surface area (Å²) in [6, 6.07) is 2.04. The van der Waals surface area contributed by atoms with E-state index >= 15 is 0 Å². The summed E-state index contributed by atoms with van der Waals surface area (Å²) in [5.41, 5.74) is 1.03. The zero-order chi connectivity index (χ0) is 15.0. The molecule has 0 aromatic carbocycles. The van der Waals surface area contributed by atoms with Crippen LogP contribution in [0.3, 0.4) is 0 Å². The third kappa shape index (κ3) is 2.84. The normalized spacial score (nSPS) is 16.1. The lowest BCUT2D eigenvalue weighted by Crippen LogP contribution is -2.35. The number of hydrogen-bond donors (Lipinski definition) is 0. The van der Waals surface area contributed by atoms with Gasteiger partial charge in [0.15, 0.2) is 0 Å². The van der Waals surface area contributed by atoms with Crippen molar-refractivity contribution in [1.29, 1.82) is 0 Å². The number of aryl methyl sites for hydroxylation is 1. The van der Waals surface area contributed by atoms with Gasteiger partial charge in [-0.1, -0.05) is 13.8 Å². The van der Waals surface area contributed by atoms with Crippen molar-refractivity contribution in [2.45, 2.75) is 46.6 Å². The van der Waals surface area contributed by atoms with E-state index < -0.39 is 0 Å². The monoisotopic (exact) mass is 305 g/mol. The van der Waals surface area contributed by atoms with Gasteiger partial charge >= 0.3 is 0 Å². The van der Waals surface area contributed by atoms with Crippen LogP contribution in [0.25, 0.3) is 10.2 Å². The van der Waals surface area contributed by atoms with Gasteiger partial charge in [-0.15, -0.1) is 11.3 Å². The summed E-state index contributed by atoms with van der Waals surface area (Å²) in [5, 5.41) is 5.74. The molecule has 4 nitrogen and oxygen atoms in total. The standard InChI is InChI=1S/C16H23N3OS/c1-11(2)10-19-16-13(12(3)17-19)9-14(21-16)15(20)18-7-5-4-6-8-18/h9,11H,4-8,10H2,1-3H3. The Morgan fingerprint density at radius 1 is 1.33 bits per heavy atom. The first-order valence-electron chi connectivity index (χ1n) is 7.82. The Labute approximate surface area is 129 Å². The van der Waals surface area contributed by atoms with E-state index in [1.54, 1.807) is 11.3 Å². The molecule has 0 unspecified atom stereocenters. The molecule has 0 bridgehead atoms. The summed E-state index contributed by atoms with van der Waals surface area (Å²) in [6.45, 7) is 9.13. The number of carbonyl (C=O) groups excluding carboxylic acids is 1. The molecule has 1 amide bonds. The van der Waals surface area contributed by atoms with Gasteiger partial charge in [0.2, 0.25) is 0 Å². The highest BCUT2D eigenvalue weighted by Crippen LogP contribution is 2.30. The first kappa shape index (κ1) is 14.6. The van der Waals surface area contributed by atoms with Crippen molar-refractivity contribution in [2.24, 2.45) is 5.92 Å². The number of thiophene rings is 1. The molecule has 5 heteroatoms. The van der Waals surface area contributed by atoms with Gasteiger partial charge in [-0.3, -0.25) is 9.48 Å². The summed E-state index contributed by atoms with van der Waals surface area (Å²) < 4.78 is 2.06. The zero-order valence-corrected chi connectivity index (χ0v) is 13.9. The Morgan fingerprint density at radius 2 is 2.05 bits per heavy atom. The molecule has 3 rings (SSSR count). The molecule has 1 saturated heterocycles. The van der Waals surface area contributed by atoms with Gasteiger partial charge in [0, 0.05) is 25.0 Å². The first-order valence-corrected chi connectivity index (χ1v) is 8.64. The molecule has 3 heterocycles. The highest BCUT2D eigenvalue weighted by Gasteiger charge is 2.22. The molecule has 1 fully saturated rings. The molecule has 2 aromatic heterocycles. The fourth-order valence-corrected chi connectivity index (χ4v) is 4.08. The second-order valence-electron chi connectivity index (χ2n) is 6.34. The van der Waals surface area contributed by atoms with Gasteiger partial charge in [-0.05, 0) is 38.2 Å². The summed E-state index contributed by atoms with van der Waals surface area (Å²) in [7, 11) is 0. The molecular formula is C16H23N3OS. The molecule has 0 saturated carbocycles. The van der Waals surface area contributed by atoms with E-state index in [2.05, 4.69) is 23.6 Å². The third-order valence-corrected chi connectivity index (χ3v) is 5.14. The fourth-order valence-electron chi connectivity index (χ4n) is 2.94. The van der Waals surface area contributed by atoms with Crippen molar-refractivity contribution in [3.8, 4) is 0 Å². The predicted octanol–water partition coefficient (Wildman–Crippen LogP) is 3.69. The first-order chi connectivity index (χ1) is 10.1. The topological polar surface area (TPSA) is 38.1 Å². The third-order valence-electron chi connectivity index (χ3n) is 4.00. The van der Waals surface area contributed by atoms with Crippen molar-refractivity contribution in [2.75, 3.05) is 13.1 Å². The maximum Gasteiger partial charge on any atom is 0.264 e. The summed E-state index contributed by atoms with van der Waals surface area (Å²) in [6.07, 6.45) is 3.52. The lowest BCUT2D eigenvalue weighted by atomic mass is 10.1. The van der Waals surface area contributed by atoms with Crippen LogP contribution >= 0.6 is 11.3 Å². The number of amides is 1. The van der Waals surface area contributed by atoms with E-state index in [1.807, 2.05) is 17.9 Å². The van der Waals surface area contributed by atoms with E-state index in [0.29, 0.717) is 5.92 Å². The Hall–Kier alpha value is -1.36. The minimum atomic E-state index is 0.200. The number of hydrogen-bond acceptors (Lipinski definition) is 3. The summed E-state index contributed by atoms with van der Waals surface area (Å²) in [4.78, 5) is 16.6. The van der Waals surface area contributed by atoms with Crippen molar-refractivity contribution in [3.05, 3.63) is 16.6 Å². The minimum Gasteiger partial charge on any atom is -0.338 e. The van der Waals surface area contributed by atoms with Crippen LogP contribution in [-0.4, -0.2) is 33.7 Å². The van der Waals surface area contributed by atoms with Crippen LogP contribution in [0.15, 0.2) is 6.07 Å². The molecule has 0 radical (unpaired) electrons. The van der Waals surface area contributed by atoms with E-state index in [9.17, 15) is 4.79 Å². The molecule has 0 atom stereocenters. The van der Waals surface area contributed by atoms with Crippen molar-refractivity contribution < 1.29 is 4.79 Å². The zero-order valence-electron chi connectivity index (χ0n) is 13.1. The van der Waals surface area contributed by atoms with Crippen molar-refractivity contribution >= 4 is 27.5 Å². The predicted molar refractivity (Wildman–Crippen MR) is 86.9 cm³/mol. The number of rotatable bonds is 3. The highest BCUT2D eigenvalue weighted by atomic mass is 32.1. The Kier molecular flexibility index (Phi) is 4.02. The van der Waals surface area contributed by atoms with Gasteiger partial charge in [0.1, 0.15) is 4.83 Å². The summed E-state index contributed by atoms with van der Waals surface area (Å²) >= 11 is 1.60. The number of carbonyl (C=O) groups is 1. The molecule has 0 N–H and O–H groups in total. The maximum absolute atomic E-state index is 12.6. The van der Waals surface area contributed by atoms with Crippen LogP contribution in [0, 0.1) is 12.8 Å². The van der Waals surface area contributed by atoms with Crippen molar-refractivity contribution in [1.82, 2.24) is 14.7 Å². The lowest BCUT2D eigenvalue weighted by Gasteiger charge is -2.26. The average Bonchev–Trinajstić information content (AvgIpc) is 3.01. The minimum absolute atomic E-state index is 0.200. The quantitative estimate of drug-likeness (QED) is 0.867. The SMILES string of the molecule is Cc1nn(CC(C)C)c2sc(C(=O)N3CCCCC3)cc12. The molecule has 1 aliphatic heterocycles. The van der Waals surface area contributed by atoms with E-state index in [0.717, 1.165) is 53.3 Å². The molecule has 114 valence electrons. The van der Waals surface area contributed by atoms with Crippen molar-refractivity contribution in [3.63, 3.8) is 0 Å². The number of nitrogens with zero attached hydrogens (tertiary/aromatic N) is 3. The Morgan fingerprint density at radius 3 is 2.71 bits per heavy atom. The van der Waals surface area contributed by atoms with Gasteiger partial charge in [-0.25, -0.2) is 0 Å². The van der Waals surface area contributed by atoms with Crippen LogP contribution in [0.1, 0.15) is 48.5 Å². The lowest BCUT2D eigenvalue weighted by molar-refractivity contribution is 0.0729. The molecule has 0 spiro atoms. The molecular weight excluding hydrogens is 282 g/mol. The average molecular weight is 305 g/mol. The number of piperidine rings is 1. The van der Waals surface area contributed by atoms with Crippen LogP contribution in [0.5, 0.6) is 0 Å². The summed E-state index contributed by atoms with van der Waals surface area (Å²) in [5.74, 6) is 0.752. The Balaban J connectivity index is 1.91. The fraction of sp³-hybridized carbons (Fsp3) is 0.625. The van der Waals surface area contributed by atoms with Crippen LogP contribution in [-0.2, 0) is 6.54 Å². The van der Waals surface area contributed by atoms with Crippen LogP contribution in [0.4, 0.5) is 0 Å². The molecule has 21 heavy (non-hydrogen) atoms. The highest BCUT2D eigenvalue weighted by molar-refractivity contribution is 7.20. The second-order valence-corrected chi connectivity index (χ2v) is 7.37. The van der Waals surface area contributed by atoms with E-state index in [-0.39, 0.29) is 5.91 Å². The maximum atomic E-state index is 12.6. The van der Waals surface area contributed by atoms with E-state index in [4.69, 9.17) is 0 Å². The largest absolute Gasteiger partial charge is 0.338 e. The van der Waals surface area contributed by atoms with Gasteiger partial charge in [0.05, 0.1) is 10.6 Å². The van der Waals surface area contributed by atoms with Crippen LogP contribution in [0.2, 0.25) is 0 Å². The van der Waals surface area contributed by atoms with Crippen LogP contribution < -0.4 is 0 Å². The number of aromatic nitrogens is 2. The number of likely N-dealkylation sites (tertiary alicyclic amines) is 1. The second kappa shape index (κ2) is 5.79. The van der Waals surface area contributed by atoms with Gasteiger partial charge < -0.3 is 4.90 Å². The van der Waals surface area contributed by atoms with E-state index in [1.165, 1.54) is 6.42 Å².